The molecular weight excluding hydrogens is 392 g/mol. The minimum absolute atomic E-state index is 0.146. The molecule has 29 heavy (non-hydrogen) atoms. The molecule has 9 heteroatoms. The second kappa shape index (κ2) is 5.98. The van der Waals surface area contributed by atoms with E-state index in [1.165, 1.54) is 35.5 Å². The fraction of sp³-hybridized carbons (Fsp3) is 0.550. The molecule has 4 bridgehead atoms. The van der Waals surface area contributed by atoms with E-state index < -0.39 is 23.4 Å². The van der Waals surface area contributed by atoms with Gasteiger partial charge in [0, 0.05) is 10.9 Å². The maximum Gasteiger partial charge on any atom is 0.335 e. The monoisotopic (exact) mass is 412 g/mol. The molecule has 0 atom stereocenters. The van der Waals surface area contributed by atoms with Crippen molar-refractivity contribution in [3.8, 4) is 11.4 Å². The van der Waals surface area contributed by atoms with Crippen molar-refractivity contribution in [2.24, 2.45) is 17.8 Å². The van der Waals surface area contributed by atoms with Gasteiger partial charge in [-0.05, 0) is 67.7 Å². The highest BCUT2D eigenvalue weighted by atomic mass is 32.1. The number of hydrogen-bond donors (Lipinski definition) is 0. The fourth-order valence-corrected chi connectivity index (χ4v) is 7.00. The summed E-state index contributed by atoms with van der Waals surface area (Å²) in [5, 5.41) is 7.71. The molecule has 1 saturated heterocycles. The molecule has 2 aromatic rings. The second-order valence-corrected chi connectivity index (χ2v) is 9.76. The number of aromatic nitrogens is 2. The Morgan fingerprint density at radius 3 is 2.38 bits per heavy atom. The molecule has 0 aromatic carbocycles. The van der Waals surface area contributed by atoms with Crippen LogP contribution in [0.4, 0.5) is 4.79 Å². The largest absolute Gasteiger partial charge is 0.337 e. The van der Waals surface area contributed by atoms with E-state index in [0.29, 0.717) is 23.6 Å². The molecule has 1 aliphatic heterocycles. The van der Waals surface area contributed by atoms with E-state index in [1.807, 2.05) is 16.8 Å². The smallest absolute Gasteiger partial charge is 0.335 e. The van der Waals surface area contributed by atoms with Crippen LogP contribution in [-0.4, -0.2) is 43.3 Å². The molecule has 4 aliphatic carbocycles. The number of urea groups is 1. The van der Waals surface area contributed by atoms with E-state index in [2.05, 4.69) is 10.1 Å². The Balaban J connectivity index is 1.27. The Morgan fingerprint density at radius 1 is 1.07 bits per heavy atom. The Kier molecular flexibility index (Phi) is 3.57. The molecular formula is C20H20N4O4S. The molecule has 4 saturated carbocycles. The molecule has 5 fully saturated rings. The van der Waals surface area contributed by atoms with Crippen LogP contribution < -0.4 is 0 Å². The van der Waals surface area contributed by atoms with Gasteiger partial charge >= 0.3 is 17.8 Å². The number of nitrogens with zero attached hydrogens (tertiary/aromatic N) is 4. The summed E-state index contributed by atoms with van der Waals surface area (Å²) in [4.78, 5) is 45.3. The average Bonchev–Trinajstić information content (AvgIpc) is 3.39. The molecule has 5 aliphatic rings. The van der Waals surface area contributed by atoms with Gasteiger partial charge in [0.15, 0.2) is 0 Å². The van der Waals surface area contributed by atoms with Gasteiger partial charge in [0.1, 0.15) is 6.54 Å². The predicted octanol–water partition coefficient (Wildman–Crippen LogP) is 3.06. The number of carbonyl (C=O) groups is 3. The minimum atomic E-state index is -0.791. The van der Waals surface area contributed by atoms with Crippen LogP contribution in [0.5, 0.6) is 0 Å². The van der Waals surface area contributed by atoms with Crippen molar-refractivity contribution in [3.63, 3.8) is 0 Å². The van der Waals surface area contributed by atoms with Gasteiger partial charge < -0.3 is 4.52 Å². The van der Waals surface area contributed by atoms with Gasteiger partial charge in [-0.15, -0.1) is 0 Å². The number of amides is 4. The van der Waals surface area contributed by atoms with E-state index in [0.717, 1.165) is 29.7 Å². The first-order valence-corrected chi connectivity index (χ1v) is 11.0. The minimum Gasteiger partial charge on any atom is -0.337 e. The molecule has 2 aromatic heterocycles. The van der Waals surface area contributed by atoms with Crippen molar-refractivity contribution >= 4 is 29.2 Å². The zero-order valence-electron chi connectivity index (χ0n) is 15.7. The van der Waals surface area contributed by atoms with Crippen LogP contribution in [0, 0.1) is 17.8 Å². The van der Waals surface area contributed by atoms with Crippen molar-refractivity contribution in [1.82, 2.24) is 19.9 Å². The van der Waals surface area contributed by atoms with Crippen LogP contribution in [0.1, 0.15) is 44.4 Å². The summed E-state index contributed by atoms with van der Waals surface area (Å²) in [5.74, 6) is 0.758. The molecule has 4 amide bonds. The third-order valence-electron chi connectivity index (χ3n) is 7.07. The highest BCUT2D eigenvalue weighted by Crippen LogP contribution is 2.58. The van der Waals surface area contributed by atoms with Gasteiger partial charge in [-0.3, -0.25) is 9.59 Å². The van der Waals surface area contributed by atoms with Crippen LogP contribution in [0.15, 0.2) is 21.3 Å². The first kappa shape index (κ1) is 17.3. The molecule has 3 heterocycles. The quantitative estimate of drug-likeness (QED) is 0.566. The molecule has 0 N–H and O–H groups in total. The summed E-state index contributed by atoms with van der Waals surface area (Å²) >= 11 is 1.51. The van der Waals surface area contributed by atoms with Crippen molar-refractivity contribution in [1.29, 1.82) is 0 Å². The van der Waals surface area contributed by atoms with Gasteiger partial charge in [-0.2, -0.15) is 16.3 Å². The Morgan fingerprint density at radius 2 is 1.76 bits per heavy atom. The zero-order valence-corrected chi connectivity index (χ0v) is 16.6. The number of hydrogen-bond acceptors (Lipinski definition) is 7. The lowest BCUT2D eigenvalue weighted by Crippen LogP contribution is -2.61. The topological polar surface area (TPSA) is 96.6 Å². The van der Waals surface area contributed by atoms with E-state index in [1.54, 1.807) is 0 Å². The summed E-state index contributed by atoms with van der Waals surface area (Å²) in [5.41, 5.74) is 0.333. The Labute approximate surface area is 170 Å². The molecule has 0 radical (unpaired) electrons. The summed E-state index contributed by atoms with van der Waals surface area (Å²) < 4.78 is 5.23. The van der Waals surface area contributed by atoms with Crippen LogP contribution in [0.25, 0.3) is 11.4 Å². The lowest BCUT2D eigenvalue weighted by Gasteiger charge is -2.58. The number of carbonyl (C=O) groups excluding carboxylic acids is 3. The summed E-state index contributed by atoms with van der Waals surface area (Å²) in [6.07, 6.45) is 6.09. The molecule has 0 spiro atoms. The molecule has 150 valence electrons. The zero-order chi connectivity index (χ0) is 19.8. The van der Waals surface area contributed by atoms with E-state index in [9.17, 15) is 14.4 Å². The number of rotatable bonds is 4. The molecule has 7 rings (SSSR count). The van der Waals surface area contributed by atoms with Crippen LogP contribution in [0.3, 0.4) is 0 Å². The summed E-state index contributed by atoms with van der Waals surface area (Å²) in [7, 11) is 0. The van der Waals surface area contributed by atoms with Crippen molar-refractivity contribution in [2.45, 2.75) is 50.6 Å². The maximum absolute atomic E-state index is 13.2. The van der Waals surface area contributed by atoms with Crippen LogP contribution in [0.2, 0.25) is 0 Å². The van der Waals surface area contributed by atoms with Gasteiger partial charge in [-0.1, -0.05) is 5.16 Å². The fourth-order valence-electron chi connectivity index (χ4n) is 6.37. The van der Waals surface area contributed by atoms with Crippen molar-refractivity contribution in [2.75, 3.05) is 0 Å². The van der Waals surface area contributed by atoms with Crippen molar-refractivity contribution < 1.29 is 18.9 Å². The Hall–Kier alpha value is -2.55. The van der Waals surface area contributed by atoms with Gasteiger partial charge in [-0.25, -0.2) is 14.6 Å². The van der Waals surface area contributed by atoms with Gasteiger partial charge in [0.25, 0.3) is 0 Å². The second-order valence-electron chi connectivity index (χ2n) is 8.98. The van der Waals surface area contributed by atoms with Gasteiger partial charge in [0.05, 0.1) is 5.54 Å². The lowest BCUT2D eigenvalue weighted by atomic mass is 9.52. The normalized spacial score (nSPS) is 33.4. The standard InChI is InChI=1S/C20H20N4O4S/c25-17-18(26)24(20-6-11-3-12(7-20)5-13(4-11)8-20)19(27)23(17)9-15-21-16(22-28-15)14-1-2-29-10-14/h1-2,10-13H,3-9H2. The summed E-state index contributed by atoms with van der Waals surface area (Å²) in [6.45, 7) is -0.177. The first-order valence-electron chi connectivity index (χ1n) is 10.1. The molecule has 0 unspecified atom stereocenters. The molecule has 8 nitrogen and oxygen atoms in total. The summed E-state index contributed by atoms with van der Waals surface area (Å²) in [6, 6.07) is 1.33. The van der Waals surface area contributed by atoms with Crippen LogP contribution in [-0.2, 0) is 16.1 Å². The highest BCUT2D eigenvalue weighted by Gasteiger charge is 2.61. The first-order chi connectivity index (χ1) is 14.0. The third kappa shape index (κ3) is 2.52. The van der Waals surface area contributed by atoms with E-state index >= 15 is 0 Å². The van der Waals surface area contributed by atoms with Crippen molar-refractivity contribution in [3.05, 3.63) is 22.7 Å². The maximum atomic E-state index is 13.2. The van der Waals surface area contributed by atoms with Crippen LogP contribution >= 0.6 is 11.3 Å². The number of thiophene rings is 1. The predicted molar refractivity (Wildman–Crippen MR) is 101 cm³/mol. The van der Waals surface area contributed by atoms with E-state index in [-0.39, 0.29) is 12.4 Å². The highest BCUT2D eigenvalue weighted by molar-refractivity contribution is 7.08. The van der Waals surface area contributed by atoms with E-state index in [4.69, 9.17) is 4.52 Å². The Bertz CT molecular complexity index is 978. The number of imide groups is 2. The lowest BCUT2D eigenvalue weighted by molar-refractivity contribution is -0.150. The average molecular weight is 412 g/mol. The SMILES string of the molecule is O=C1C(=O)N(C23CC4CC(CC(C4)C2)C3)C(=O)N1Cc1nc(-c2ccsc2)no1. The van der Waals surface area contributed by atoms with Gasteiger partial charge in [0.2, 0.25) is 11.7 Å². The third-order valence-corrected chi connectivity index (χ3v) is 7.76.